The molecule has 0 unspecified atom stereocenters. The highest BCUT2D eigenvalue weighted by atomic mass is 32.1. The topological polar surface area (TPSA) is 49.4 Å². The second kappa shape index (κ2) is 6.19. The summed E-state index contributed by atoms with van der Waals surface area (Å²) in [6, 6.07) is 2.03. The van der Waals surface area contributed by atoms with Gasteiger partial charge in [0.25, 0.3) is 5.91 Å². The Labute approximate surface area is 117 Å². The maximum Gasteiger partial charge on any atom is 0.254 e. The van der Waals surface area contributed by atoms with Gasteiger partial charge in [0, 0.05) is 30.4 Å². The van der Waals surface area contributed by atoms with Crippen LogP contribution in [0.5, 0.6) is 0 Å². The Balaban J connectivity index is 1.86. The predicted octanol–water partition coefficient (Wildman–Crippen LogP) is 2.12. The molecule has 19 heavy (non-hydrogen) atoms. The molecule has 0 radical (unpaired) electrons. The van der Waals surface area contributed by atoms with E-state index in [0.29, 0.717) is 13.1 Å². The van der Waals surface area contributed by atoms with Crippen molar-refractivity contribution in [2.24, 2.45) is 5.92 Å². The van der Waals surface area contributed by atoms with E-state index < -0.39 is 0 Å². The minimum Gasteiger partial charge on any atom is -0.354 e. The van der Waals surface area contributed by atoms with Gasteiger partial charge >= 0.3 is 0 Å². The molecule has 0 aliphatic carbocycles. The molecule has 0 atom stereocenters. The van der Waals surface area contributed by atoms with E-state index in [1.165, 1.54) is 11.3 Å². The summed E-state index contributed by atoms with van der Waals surface area (Å²) in [6.07, 6.45) is 1.52. The van der Waals surface area contributed by atoms with Gasteiger partial charge in [-0.1, -0.05) is 0 Å². The standard InChI is InChI=1S/C14H20N2O2S/c1-10(2)15-13(17)11-3-6-16(7-4-11)14(18)12-5-8-19-9-12/h5,8-11H,3-4,6-7H2,1-2H3,(H,15,17). The fourth-order valence-electron chi connectivity index (χ4n) is 2.32. The monoisotopic (exact) mass is 280 g/mol. The zero-order chi connectivity index (χ0) is 13.8. The van der Waals surface area contributed by atoms with Crippen LogP contribution in [0, 0.1) is 5.92 Å². The zero-order valence-corrected chi connectivity index (χ0v) is 12.2. The van der Waals surface area contributed by atoms with E-state index in [0.717, 1.165) is 18.4 Å². The number of nitrogens with one attached hydrogen (secondary N) is 1. The summed E-state index contributed by atoms with van der Waals surface area (Å²) in [7, 11) is 0. The molecule has 0 saturated carbocycles. The zero-order valence-electron chi connectivity index (χ0n) is 11.4. The van der Waals surface area contributed by atoms with Crippen LogP contribution < -0.4 is 5.32 Å². The third kappa shape index (κ3) is 3.56. The van der Waals surface area contributed by atoms with Gasteiger partial charge in [0.05, 0.1) is 5.56 Å². The van der Waals surface area contributed by atoms with Crippen molar-refractivity contribution in [2.75, 3.05) is 13.1 Å². The summed E-state index contributed by atoms with van der Waals surface area (Å²) in [6.45, 7) is 5.27. The number of nitrogens with zero attached hydrogens (tertiary/aromatic N) is 1. The Morgan fingerprint density at radius 2 is 2.05 bits per heavy atom. The van der Waals surface area contributed by atoms with Crippen LogP contribution in [-0.4, -0.2) is 35.8 Å². The molecule has 1 aliphatic heterocycles. The lowest BCUT2D eigenvalue weighted by Gasteiger charge is -2.31. The minimum atomic E-state index is 0.0499. The average Bonchev–Trinajstić information content (AvgIpc) is 2.91. The molecule has 104 valence electrons. The summed E-state index contributed by atoms with van der Waals surface area (Å²) in [5.41, 5.74) is 0.759. The lowest BCUT2D eigenvalue weighted by atomic mass is 9.95. The van der Waals surface area contributed by atoms with Crippen molar-refractivity contribution in [1.29, 1.82) is 0 Å². The van der Waals surface area contributed by atoms with Gasteiger partial charge in [0.15, 0.2) is 0 Å². The first-order valence-corrected chi connectivity index (χ1v) is 7.64. The highest BCUT2D eigenvalue weighted by molar-refractivity contribution is 7.08. The molecule has 2 heterocycles. The quantitative estimate of drug-likeness (QED) is 0.922. The third-order valence-electron chi connectivity index (χ3n) is 3.35. The second-order valence-corrected chi connectivity index (χ2v) is 6.02. The van der Waals surface area contributed by atoms with Crippen LogP contribution >= 0.6 is 11.3 Å². The SMILES string of the molecule is CC(C)NC(=O)C1CCN(C(=O)c2ccsc2)CC1. The number of carbonyl (C=O) groups excluding carboxylic acids is 2. The third-order valence-corrected chi connectivity index (χ3v) is 4.04. The molecule has 1 N–H and O–H groups in total. The number of likely N-dealkylation sites (tertiary alicyclic amines) is 1. The lowest BCUT2D eigenvalue weighted by molar-refractivity contribution is -0.126. The van der Waals surface area contributed by atoms with Crippen molar-refractivity contribution in [1.82, 2.24) is 10.2 Å². The molecule has 1 aliphatic rings. The van der Waals surface area contributed by atoms with Crippen molar-refractivity contribution < 1.29 is 9.59 Å². The van der Waals surface area contributed by atoms with Crippen LogP contribution in [0.3, 0.4) is 0 Å². The van der Waals surface area contributed by atoms with Crippen LogP contribution in [0.4, 0.5) is 0 Å². The van der Waals surface area contributed by atoms with Crippen LogP contribution in [0.15, 0.2) is 16.8 Å². The average molecular weight is 280 g/mol. The molecule has 0 aromatic carbocycles. The molecule has 1 saturated heterocycles. The molecule has 2 amide bonds. The van der Waals surface area contributed by atoms with Crippen molar-refractivity contribution in [2.45, 2.75) is 32.7 Å². The fraction of sp³-hybridized carbons (Fsp3) is 0.571. The molecule has 0 bridgehead atoms. The summed E-state index contributed by atoms with van der Waals surface area (Å²) < 4.78 is 0. The minimum absolute atomic E-state index is 0.0499. The number of rotatable bonds is 3. The van der Waals surface area contributed by atoms with Gasteiger partial charge in [-0.2, -0.15) is 11.3 Å². The van der Waals surface area contributed by atoms with E-state index in [-0.39, 0.29) is 23.8 Å². The van der Waals surface area contributed by atoms with Crippen LogP contribution in [0.1, 0.15) is 37.0 Å². The Kier molecular flexibility index (Phi) is 4.58. The van der Waals surface area contributed by atoms with Crippen molar-refractivity contribution in [3.05, 3.63) is 22.4 Å². The van der Waals surface area contributed by atoms with Crippen molar-refractivity contribution in [3.63, 3.8) is 0 Å². The van der Waals surface area contributed by atoms with Gasteiger partial charge in [-0.3, -0.25) is 9.59 Å². The number of hydrogen-bond donors (Lipinski definition) is 1. The number of amides is 2. The van der Waals surface area contributed by atoms with E-state index in [9.17, 15) is 9.59 Å². The molecule has 0 spiro atoms. The van der Waals surface area contributed by atoms with Crippen molar-refractivity contribution in [3.8, 4) is 0 Å². The largest absolute Gasteiger partial charge is 0.354 e. The Hall–Kier alpha value is -1.36. The maximum absolute atomic E-state index is 12.1. The lowest BCUT2D eigenvalue weighted by Crippen LogP contribution is -2.44. The Bertz CT molecular complexity index is 434. The highest BCUT2D eigenvalue weighted by Crippen LogP contribution is 2.20. The number of thiophene rings is 1. The summed E-state index contributed by atoms with van der Waals surface area (Å²) in [4.78, 5) is 25.9. The second-order valence-electron chi connectivity index (χ2n) is 5.24. The van der Waals surface area contributed by atoms with E-state index in [1.54, 1.807) is 0 Å². The normalized spacial score (nSPS) is 16.7. The van der Waals surface area contributed by atoms with Crippen LogP contribution in [-0.2, 0) is 4.79 Å². The molecular weight excluding hydrogens is 260 g/mol. The first-order chi connectivity index (χ1) is 9.08. The van der Waals surface area contributed by atoms with Gasteiger partial charge in [-0.05, 0) is 38.1 Å². The van der Waals surface area contributed by atoms with E-state index in [1.807, 2.05) is 35.6 Å². The predicted molar refractivity (Wildman–Crippen MR) is 76.2 cm³/mol. The number of hydrogen-bond acceptors (Lipinski definition) is 3. The fourth-order valence-corrected chi connectivity index (χ4v) is 2.95. The number of piperidine rings is 1. The molecular formula is C14H20N2O2S. The van der Waals surface area contributed by atoms with E-state index in [4.69, 9.17) is 0 Å². The number of carbonyl (C=O) groups is 2. The first-order valence-electron chi connectivity index (χ1n) is 6.69. The van der Waals surface area contributed by atoms with E-state index >= 15 is 0 Å². The maximum atomic E-state index is 12.1. The summed E-state index contributed by atoms with van der Waals surface area (Å²) in [5, 5.41) is 6.73. The smallest absolute Gasteiger partial charge is 0.254 e. The molecule has 2 rings (SSSR count). The molecule has 1 fully saturated rings. The van der Waals surface area contributed by atoms with Gasteiger partial charge in [0.2, 0.25) is 5.91 Å². The molecule has 4 nitrogen and oxygen atoms in total. The first kappa shape index (κ1) is 14.1. The van der Waals surface area contributed by atoms with Gasteiger partial charge < -0.3 is 10.2 Å². The van der Waals surface area contributed by atoms with Gasteiger partial charge in [-0.15, -0.1) is 0 Å². The van der Waals surface area contributed by atoms with Crippen molar-refractivity contribution >= 4 is 23.2 Å². The Morgan fingerprint density at radius 3 is 2.58 bits per heavy atom. The Morgan fingerprint density at radius 1 is 1.37 bits per heavy atom. The van der Waals surface area contributed by atoms with Gasteiger partial charge in [-0.25, -0.2) is 0 Å². The van der Waals surface area contributed by atoms with Gasteiger partial charge in [0.1, 0.15) is 0 Å². The summed E-state index contributed by atoms with van der Waals surface area (Å²) >= 11 is 1.53. The molecule has 1 aromatic heterocycles. The molecule has 5 heteroatoms. The highest BCUT2D eigenvalue weighted by Gasteiger charge is 2.27. The summed E-state index contributed by atoms with van der Waals surface area (Å²) in [5.74, 6) is 0.260. The molecule has 1 aromatic rings. The van der Waals surface area contributed by atoms with Crippen LogP contribution in [0.25, 0.3) is 0 Å². The van der Waals surface area contributed by atoms with Crippen LogP contribution in [0.2, 0.25) is 0 Å². The van der Waals surface area contributed by atoms with E-state index in [2.05, 4.69) is 5.32 Å².